The average Bonchev–Trinajstić information content (AvgIpc) is 2.75. The van der Waals surface area contributed by atoms with E-state index in [9.17, 15) is 9.59 Å². The molecule has 2 amide bonds. The number of anilines is 1. The van der Waals surface area contributed by atoms with Crippen molar-refractivity contribution in [1.82, 2.24) is 14.7 Å². The Hall–Kier alpha value is -2.09. The second kappa shape index (κ2) is 5.05. The lowest BCUT2D eigenvalue weighted by Gasteiger charge is -2.30. The first kappa shape index (κ1) is 12.4. The van der Waals surface area contributed by atoms with Gasteiger partial charge in [-0.25, -0.2) is 9.59 Å². The minimum Gasteiger partial charge on any atom is -0.479 e. The molecule has 1 aliphatic rings. The Bertz CT molecular complexity index is 458. The normalized spacial score (nSPS) is 19.6. The summed E-state index contributed by atoms with van der Waals surface area (Å²) in [6.07, 6.45) is 0.739. The van der Waals surface area contributed by atoms with Crippen LogP contribution in [0.5, 0.6) is 0 Å². The van der Waals surface area contributed by atoms with E-state index < -0.39 is 12.1 Å². The molecule has 0 aromatic carbocycles. The number of ether oxygens (including phenoxy) is 1. The molecule has 2 rings (SSSR count). The first-order valence-electron chi connectivity index (χ1n) is 5.46. The van der Waals surface area contributed by atoms with E-state index in [1.54, 1.807) is 24.0 Å². The Labute approximate surface area is 103 Å². The van der Waals surface area contributed by atoms with E-state index in [1.165, 1.54) is 4.90 Å². The molecule has 0 aliphatic carbocycles. The minimum atomic E-state index is -1.06. The number of carbonyl (C=O) groups is 2. The molecule has 2 heterocycles. The zero-order valence-corrected chi connectivity index (χ0v) is 9.87. The Morgan fingerprint density at radius 2 is 2.39 bits per heavy atom. The van der Waals surface area contributed by atoms with Crippen LogP contribution in [-0.2, 0) is 16.6 Å². The van der Waals surface area contributed by atoms with Crippen LogP contribution in [0.25, 0.3) is 0 Å². The van der Waals surface area contributed by atoms with E-state index in [0.29, 0.717) is 12.4 Å². The molecule has 8 nitrogen and oxygen atoms in total. The Kier molecular flexibility index (Phi) is 3.47. The molecule has 1 unspecified atom stereocenters. The summed E-state index contributed by atoms with van der Waals surface area (Å²) < 4.78 is 6.60. The number of amides is 2. The number of hydrogen-bond donors (Lipinski definition) is 2. The number of rotatable bonds is 2. The van der Waals surface area contributed by atoms with Gasteiger partial charge in [-0.1, -0.05) is 0 Å². The third-order valence-electron chi connectivity index (χ3n) is 2.58. The van der Waals surface area contributed by atoms with Gasteiger partial charge in [0.25, 0.3) is 0 Å². The number of morpholine rings is 1. The van der Waals surface area contributed by atoms with Gasteiger partial charge < -0.3 is 14.7 Å². The third kappa shape index (κ3) is 2.77. The lowest BCUT2D eigenvalue weighted by atomic mass is 10.3. The predicted molar refractivity (Wildman–Crippen MR) is 61.2 cm³/mol. The summed E-state index contributed by atoms with van der Waals surface area (Å²) >= 11 is 0. The first-order chi connectivity index (χ1) is 8.56. The van der Waals surface area contributed by atoms with E-state index in [4.69, 9.17) is 9.84 Å². The predicted octanol–water partition coefficient (Wildman–Crippen LogP) is -0.263. The van der Waals surface area contributed by atoms with Gasteiger partial charge in [-0.3, -0.25) is 10.00 Å². The zero-order valence-electron chi connectivity index (χ0n) is 9.87. The van der Waals surface area contributed by atoms with Gasteiger partial charge in [0.15, 0.2) is 11.9 Å². The number of carboxylic acids is 1. The lowest BCUT2D eigenvalue weighted by Crippen LogP contribution is -2.49. The highest BCUT2D eigenvalue weighted by Gasteiger charge is 2.29. The lowest BCUT2D eigenvalue weighted by molar-refractivity contribution is -0.154. The second-order valence-corrected chi connectivity index (χ2v) is 3.95. The molecule has 1 aromatic heterocycles. The fourth-order valence-corrected chi connectivity index (χ4v) is 1.65. The van der Waals surface area contributed by atoms with Crippen molar-refractivity contribution in [3.05, 3.63) is 12.3 Å². The fraction of sp³-hybridized carbons (Fsp3) is 0.500. The minimum absolute atomic E-state index is 0.0357. The van der Waals surface area contributed by atoms with Crippen molar-refractivity contribution < 1.29 is 19.4 Å². The number of nitrogens with one attached hydrogen (secondary N) is 1. The Balaban J connectivity index is 1.94. The van der Waals surface area contributed by atoms with Gasteiger partial charge in [0.05, 0.1) is 13.2 Å². The number of aryl methyl sites for hydroxylation is 1. The van der Waals surface area contributed by atoms with Gasteiger partial charge in [-0.15, -0.1) is 0 Å². The number of nitrogens with zero attached hydrogens (tertiary/aromatic N) is 3. The molecule has 1 fully saturated rings. The molecular formula is C10H14N4O4. The summed E-state index contributed by atoms with van der Waals surface area (Å²) in [4.78, 5) is 24.0. The van der Waals surface area contributed by atoms with Gasteiger partial charge >= 0.3 is 12.0 Å². The van der Waals surface area contributed by atoms with Gasteiger partial charge in [0.1, 0.15) is 0 Å². The maximum Gasteiger partial charge on any atom is 0.334 e. The highest BCUT2D eigenvalue weighted by atomic mass is 16.5. The molecule has 98 valence electrons. The molecular weight excluding hydrogens is 240 g/mol. The van der Waals surface area contributed by atoms with Crippen molar-refractivity contribution in [3.8, 4) is 0 Å². The standard InChI is InChI=1S/C10H14N4O4/c1-13-3-2-8(12-13)11-10(17)14-4-5-18-7(6-14)9(15)16/h2-3,7H,4-6H2,1H3,(H,15,16)(H,11,12,17). The van der Waals surface area contributed by atoms with Crippen LogP contribution in [0.4, 0.5) is 10.6 Å². The maximum absolute atomic E-state index is 11.9. The number of aliphatic carboxylic acids is 1. The fourth-order valence-electron chi connectivity index (χ4n) is 1.65. The van der Waals surface area contributed by atoms with E-state index in [1.807, 2.05) is 0 Å². The number of aromatic nitrogens is 2. The van der Waals surface area contributed by atoms with Gasteiger partial charge in [0, 0.05) is 25.9 Å². The van der Waals surface area contributed by atoms with Crippen molar-refractivity contribution >= 4 is 17.8 Å². The average molecular weight is 254 g/mol. The largest absolute Gasteiger partial charge is 0.479 e. The van der Waals surface area contributed by atoms with Gasteiger partial charge in [-0.05, 0) is 0 Å². The molecule has 8 heteroatoms. The van der Waals surface area contributed by atoms with Crippen LogP contribution in [0.3, 0.4) is 0 Å². The molecule has 1 atom stereocenters. The number of carbonyl (C=O) groups excluding carboxylic acids is 1. The maximum atomic E-state index is 11.9. The van der Waals surface area contributed by atoms with E-state index in [0.717, 1.165) is 0 Å². The molecule has 1 saturated heterocycles. The molecule has 0 saturated carbocycles. The van der Waals surface area contributed by atoms with Crippen molar-refractivity contribution in [2.24, 2.45) is 7.05 Å². The molecule has 2 N–H and O–H groups in total. The topological polar surface area (TPSA) is 96.7 Å². The summed E-state index contributed by atoms with van der Waals surface area (Å²) in [5, 5.41) is 15.4. The van der Waals surface area contributed by atoms with Crippen LogP contribution >= 0.6 is 0 Å². The summed E-state index contributed by atoms with van der Waals surface area (Å²) in [5.41, 5.74) is 0. The monoisotopic (exact) mass is 254 g/mol. The summed E-state index contributed by atoms with van der Waals surface area (Å²) in [6.45, 7) is 0.614. The number of urea groups is 1. The van der Waals surface area contributed by atoms with Crippen LogP contribution in [0, 0.1) is 0 Å². The molecule has 18 heavy (non-hydrogen) atoms. The van der Waals surface area contributed by atoms with Gasteiger partial charge in [-0.2, -0.15) is 5.10 Å². The SMILES string of the molecule is Cn1ccc(NC(=O)N2CCOC(C(=O)O)C2)n1. The third-order valence-corrected chi connectivity index (χ3v) is 2.58. The van der Waals surface area contributed by atoms with Crippen LogP contribution in [-0.4, -0.2) is 57.6 Å². The van der Waals surface area contributed by atoms with Crippen molar-refractivity contribution in [2.45, 2.75) is 6.10 Å². The number of carboxylic acid groups (broad SMARTS) is 1. The van der Waals surface area contributed by atoms with Crippen molar-refractivity contribution in [2.75, 3.05) is 25.0 Å². The van der Waals surface area contributed by atoms with Crippen LogP contribution in [0.15, 0.2) is 12.3 Å². The van der Waals surface area contributed by atoms with Crippen molar-refractivity contribution in [3.63, 3.8) is 0 Å². The summed E-state index contributed by atoms with van der Waals surface area (Å²) in [7, 11) is 1.74. The Morgan fingerprint density at radius 3 is 3.00 bits per heavy atom. The highest BCUT2D eigenvalue weighted by Crippen LogP contribution is 2.08. The highest BCUT2D eigenvalue weighted by molar-refractivity contribution is 5.88. The quantitative estimate of drug-likeness (QED) is 0.757. The zero-order chi connectivity index (χ0) is 13.1. The van der Waals surface area contributed by atoms with Crippen LogP contribution in [0.1, 0.15) is 0 Å². The molecule has 0 bridgehead atoms. The van der Waals surface area contributed by atoms with Crippen LogP contribution in [0.2, 0.25) is 0 Å². The van der Waals surface area contributed by atoms with E-state index in [2.05, 4.69) is 10.4 Å². The van der Waals surface area contributed by atoms with E-state index >= 15 is 0 Å². The molecule has 0 radical (unpaired) electrons. The molecule has 0 spiro atoms. The first-order valence-corrected chi connectivity index (χ1v) is 5.46. The van der Waals surface area contributed by atoms with Crippen molar-refractivity contribution in [1.29, 1.82) is 0 Å². The van der Waals surface area contributed by atoms with E-state index in [-0.39, 0.29) is 19.2 Å². The summed E-state index contributed by atoms with van der Waals surface area (Å²) in [5.74, 6) is -0.633. The van der Waals surface area contributed by atoms with Crippen LogP contribution < -0.4 is 5.32 Å². The molecule has 1 aliphatic heterocycles. The second-order valence-electron chi connectivity index (χ2n) is 3.95. The van der Waals surface area contributed by atoms with Gasteiger partial charge in [0.2, 0.25) is 0 Å². The number of hydrogen-bond acceptors (Lipinski definition) is 4. The molecule has 1 aromatic rings. The summed E-state index contributed by atoms with van der Waals surface area (Å²) in [6, 6.07) is 1.29. The Morgan fingerprint density at radius 1 is 1.61 bits per heavy atom. The smallest absolute Gasteiger partial charge is 0.334 e.